The number of rotatable bonds is 7. The zero-order valence-corrected chi connectivity index (χ0v) is 14.3. The van der Waals surface area contributed by atoms with E-state index in [1.807, 2.05) is 0 Å². The van der Waals surface area contributed by atoms with Crippen molar-refractivity contribution in [2.75, 3.05) is 0 Å². The number of nitrogens with two attached hydrogens (primary N) is 2. The van der Waals surface area contributed by atoms with Gasteiger partial charge in [0, 0.05) is 9.49 Å². The van der Waals surface area contributed by atoms with Crippen molar-refractivity contribution in [2.24, 2.45) is 11.5 Å². The summed E-state index contributed by atoms with van der Waals surface area (Å²) in [7, 11) is 2.47. The molecule has 2 atom stereocenters. The first-order valence-electron chi connectivity index (χ1n) is 6.01. The van der Waals surface area contributed by atoms with Crippen LogP contribution in [0, 0.1) is 0 Å². The molecular formula is C12H24N2O4S2. The lowest BCUT2D eigenvalue weighted by Crippen LogP contribution is -2.60. The van der Waals surface area contributed by atoms with E-state index >= 15 is 0 Å². The summed E-state index contributed by atoms with van der Waals surface area (Å²) in [5.74, 6) is -2.22. The van der Waals surface area contributed by atoms with Crippen LogP contribution in [0.4, 0.5) is 0 Å². The van der Waals surface area contributed by atoms with Gasteiger partial charge in [0.15, 0.2) is 0 Å². The monoisotopic (exact) mass is 324 g/mol. The Morgan fingerprint density at radius 1 is 0.750 bits per heavy atom. The topological polar surface area (TPSA) is 127 Å². The smallest absolute Gasteiger partial charge is 0.324 e. The van der Waals surface area contributed by atoms with E-state index in [9.17, 15) is 19.8 Å². The molecule has 0 rings (SSSR count). The molecule has 0 saturated heterocycles. The Bertz CT molecular complexity index is 368. The predicted octanol–water partition coefficient (Wildman–Crippen LogP) is 1.53. The summed E-state index contributed by atoms with van der Waals surface area (Å²) < 4.78 is -1.62. The van der Waals surface area contributed by atoms with Gasteiger partial charge < -0.3 is 21.7 Å². The predicted molar refractivity (Wildman–Crippen MR) is 83.8 cm³/mol. The van der Waals surface area contributed by atoms with Gasteiger partial charge in [-0.05, 0) is 41.5 Å². The molecule has 0 fully saturated rings. The standard InChI is InChI=1S/C12H24N2O4S2/c1-9(2,11(5,13)7(15)16)19-20-10(3,4)12(6,14)8(17)18/h13-14H2,1-6H3,(H,15,16)(H,17,18)/t11-,12-/m1/s1. The highest BCUT2D eigenvalue weighted by Crippen LogP contribution is 2.50. The Balaban J connectivity index is 5.11. The highest BCUT2D eigenvalue weighted by Gasteiger charge is 2.50. The largest absolute Gasteiger partial charge is 0.480 e. The van der Waals surface area contributed by atoms with Crippen molar-refractivity contribution >= 4 is 33.5 Å². The molecule has 118 valence electrons. The van der Waals surface area contributed by atoms with E-state index in [4.69, 9.17) is 11.5 Å². The Kier molecular flexibility index (Phi) is 5.62. The van der Waals surface area contributed by atoms with Crippen LogP contribution in [0.1, 0.15) is 41.5 Å². The first kappa shape index (κ1) is 19.6. The van der Waals surface area contributed by atoms with Crippen molar-refractivity contribution in [3.8, 4) is 0 Å². The van der Waals surface area contributed by atoms with Crippen molar-refractivity contribution in [1.82, 2.24) is 0 Å². The number of carboxylic acid groups (broad SMARTS) is 2. The van der Waals surface area contributed by atoms with Crippen molar-refractivity contribution in [1.29, 1.82) is 0 Å². The van der Waals surface area contributed by atoms with E-state index in [0.717, 1.165) is 0 Å². The maximum Gasteiger partial charge on any atom is 0.324 e. The molecule has 0 aliphatic rings. The lowest BCUT2D eigenvalue weighted by atomic mass is 9.89. The van der Waals surface area contributed by atoms with Gasteiger partial charge in [-0.3, -0.25) is 9.59 Å². The fraction of sp³-hybridized carbons (Fsp3) is 0.833. The Morgan fingerprint density at radius 3 is 1.10 bits per heavy atom. The van der Waals surface area contributed by atoms with Crippen molar-refractivity contribution in [3.05, 3.63) is 0 Å². The van der Waals surface area contributed by atoms with Crippen LogP contribution < -0.4 is 11.5 Å². The van der Waals surface area contributed by atoms with Crippen molar-refractivity contribution in [2.45, 2.75) is 62.1 Å². The van der Waals surface area contributed by atoms with Crippen LogP contribution >= 0.6 is 21.6 Å². The first-order valence-corrected chi connectivity index (χ1v) is 8.16. The minimum absolute atomic E-state index is 0.810. The minimum atomic E-state index is -1.45. The van der Waals surface area contributed by atoms with Gasteiger partial charge >= 0.3 is 11.9 Å². The molecule has 20 heavy (non-hydrogen) atoms. The summed E-state index contributed by atoms with van der Waals surface area (Å²) in [5.41, 5.74) is 8.81. The molecule has 0 aliphatic heterocycles. The van der Waals surface area contributed by atoms with Crippen LogP contribution in [0.2, 0.25) is 0 Å². The molecule has 0 aliphatic carbocycles. The third-order valence-corrected chi connectivity index (χ3v) is 8.36. The lowest BCUT2D eigenvalue weighted by molar-refractivity contribution is -0.144. The molecule has 0 aromatic carbocycles. The zero-order valence-electron chi connectivity index (χ0n) is 12.7. The van der Waals surface area contributed by atoms with Gasteiger partial charge in [-0.1, -0.05) is 21.6 Å². The summed E-state index contributed by atoms with van der Waals surface area (Å²) in [6.07, 6.45) is 0. The summed E-state index contributed by atoms with van der Waals surface area (Å²) in [6, 6.07) is 0. The average Bonchev–Trinajstić information content (AvgIpc) is 2.25. The van der Waals surface area contributed by atoms with E-state index in [0.29, 0.717) is 0 Å². The quantitative estimate of drug-likeness (QED) is 0.519. The highest BCUT2D eigenvalue weighted by atomic mass is 33.1. The Hall–Kier alpha value is -0.440. The average molecular weight is 324 g/mol. The van der Waals surface area contributed by atoms with E-state index in [2.05, 4.69) is 0 Å². The number of carboxylic acids is 2. The molecule has 0 spiro atoms. The van der Waals surface area contributed by atoms with Gasteiger partial charge in [0.05, 0.1) is 0 Å². The molecule has 0 aromatic rings. The van der Waals surface area contributed by atoms with E-state index in [-0.39, 0.29) is 0 Å². The fourth-order valence-corrected chi connectivity index (χ4v) is 4.12. The third kappa shape index (κ3) is 3.60. The zero-order chi connectivity index (χ0) is 16.6. The van der Waals surface area contributed by atoms with Gasteiger partial charge in [0.2, 0.25) is 0 Å². The first-order chi connectivity index (χ1) is 8.59. The molecule has 0 heterocycles. The van der Waals surface area contributed by atoms with Gasteiger partial charge in [0.25, 0.3) is 0 Å². The molecule has 0 aromatic heterocycles. The fourth-order valence-electron chi connectivity index (χ4n) is 0.896. The summed E-state index contributed by atoms with van der Waals surface area (Å²) in [6.45, 7) is 9.73. The number of aliphatic carboxylic acids is 2. The van der Waals surface area contributed by atoms with E-state index < -0.39 is 32.5 Å². The Labute approximate surface area is 127 Å². The van der Waals surface area contributed by atoms with Crippen molar-refractivity contribution < 1.29 is 19.8 Å². The van der Waals surface area contributed by atoms with Gasteiger partial charge in [0.1, 0.15) is 11.1 Å². The van der Waals surface area contributed by atoms with E-state index in [1.165, 1.54) is 35.4 Å². The highest BCUT2D eigenvalue weighted by molar-refractivity contribution is 8.77. The van der Waals surface area contributed by atoms with E-state index in [1.54, 1.807) is 27.7 Å². The van der Waals surface area contributed by atoms with Gasteiger partial charge in [-0.15, -0.1) is 0 Å². The van der Waals surface area contributed by atoms with Crippen molar-refractivity contribution in [3.63, 3.8) is 0 Å². The maximum atomic E-state index is 11.2. The normalized spacial score (nSPS) is 19.0. The van der Waals surface area contributed by atoms with Crippen LogP contribution in [-0.4, -0.2) is 42.7 Å². The molecule has 0 saturated carbocycles. The summed E-state index contributed by atoms with van der Waals surface area (Å²) in [4.78, 5) is 22.5. The van der Waals surface area contributed by atoms with Crippen LogP contribution in [0.5, 0.6) is 0 Å². The number of hydrogen-bond donors (Lipinski definition) is 4. The van der Waals surface area contributed by atoms with Crippen LogP contribution in [0.15, 0.2) is 0 Å². The molecule has 8 heteroatoms. The number of hydrogen-bond acceptors (Lipinski definition) is 6. The lowest BCUT2D eigenvalue weighted by Gasteiger charge is -2.42. The molecule has 0 unspecified atom stereocenters. The molecule has 0 radical (unpaired) electrons. The SMILES string of the molecule is CC(C)(SSC(C)(C)[C@](C)(N)C(=O)O)[C@](C)(N)C(=O)O. The van der Waals surface area contributed by atoms with Crippen LogP contribution in [-0.2, 0) is 9.59 Å². The summed E-state index contributed by atoms with van der Waals surface area (Å²) in [5, 5.41) is 18.4. The van der Waals surface area contributed by atoms with Crippen LogP contribution in [0.25, 0.3) is 0 Å². The molecule has 6 N–H and O–H groups in total. The molecule has 0 amide bonds. The molecule has 6 nitrogen and oxygen atoms in total. The summed E-state index contributed by atoms with van der Waals surface area (Å²) >= 11 is 0. The van der Waals surface area contributed by atoms with Gasteiger partial charge in [-0.2, -0.15) is 0 Å². The number of carbonyl (C=O) groups is 2. The second-order valence-electron chi connectivity index (χ2n) is 6.20. The van der Waals surface area contributed by atoms with Gasteiger partial charge in [-0.25, -0.2) is 0 Å². The minimum Gasteiger partial charge on any atom is -0.480 e. The second kappa shape index (κ2) is 5.75. The third-order valence-electron chi connectivity index (χ3n) is 3.85. The molecular weight excluding hydrogens is 300 g/mol. The second-order valence-corrected chi connectivity index (χ2v) is 9.58. The Morgan fingerprint density at radius 2 is 0.950 bits per heavy atom. The maximum absolute atomic E-state index is 11.2. The molecule has 0 bridgehead atoms. The van der Waals surface area contributed by atoms with Crippen LogP contribution in [0.3, 0.4) is 0 Å².